The monoisotopic (exact) mass is 252 g/mol. The van der Waals surface area contributed by atoms with Crippen molar-refractivity contribution in [3.8, 4) is 0 Å². The molecule has 0 bridgehead atoms. The normalized spacial score (nSPS) is 12.9. The minimum atomic E-state index is -1.86. The Hall–Kier alpha value is 0.748. The smallest absolute Gasteiger partial charge is 0.411 e. The summed E-state index contributed by atoms with van der Waals surface area (Å²) >= 11 is 0. The maximum absolute atomic E-state index is 5.82. The lowest BCUT2D eigenvalue weighted by atomic mass is 11.9. The van der Waals surface area contributed by atoms with Gasteiger partial charge in [-0.1, -0.05) is 0 Å². The van der Waals surface area contributed by atoms with Gasteiger partial charge in [-0.25, -0.2) is 0 Å². The summed E-state index contributed by atoms with van der Waals surface area (Å²) < 4.78 is 16.9. The third-order valence-electron chi connectivity index (χ3n) is 1.09. The van der Waals surface area contributed by atoms with Gasteiger partial charge in [-0.15, -0.1) is 0 Å². The molecule has 0 aromatic heterocycles. The van der Waals surface area contributed by atoms with E-state index in [9.17, 15) is 0 Å². The first-order valence-electron chi connectivity index (χ1n) is 4.60. The first-order chi connectivity index (χ1) is 5.83. The fourth-order valence-corrected chi connectivity index (χ4v) is 8.18. The molecule has 0 aliphatic heterocycles. The number of hydrogen-bond donors (Lipinski definition) is 0. The molecule has 2 radical (unpaired) electrons. The van der Waals surface area contributed by atoms with Gasteiger partial charge in [-0.3, -0.25) is 0 Å². The van der Waals surface area contributed by atoms with E-state index in [1.54, 1.807) is 0 Å². The summed E-state index contributed by atoms with van der Waals surface area (Å²) in [5, 5.41) is 0. The SMILES string of the molecule is C[SiH](C)O[Si]O[Si](C)(C)O[SiH](C)C. The van der Waals surface area contributed by atoms with Crippen LogP contribution in [0, 0.1) is 0 Å². The van der Waals surface area contributed by atoms with Crippen LogP contribution >= 0.6 is 0 Å². The molecule has 0 aliphatic carbocycles. The lowest BCUT2D eigenvalue weighted by Gasteiger charge is -2.25. The van der Waals surface area contributed by atoms with Gasteiger partial charge in [-0.2, -0.15) is 0 Å². The Labute approximate surface area is 88.6 Å². The highest BCUT2D eigenvalue weighted by Gasteiger charge is 2.26. The van der Waals surface area contributed by atoms with E-state index in [2.05, 4.69) is 39.3 Å². The van der Waals surface area contributed by atoms with Crippen LogP contribution in [-0.4, -0.2) is 36.6 Å². The summed E-state index contributed by atoms with van der Waals surface area (Å²) in [5.74, 6) is 0. The van der Waals surface area contributed by atoms with E-state index in [1.165, 1.54) is 0 Å². The maximum Gasteiger partial charge on any atom is 0.411 e. The lowest BCUT2D eigenvalue weighted by Crippen LogP contribution is -2.41. The minimum absolute atomic E-state index is 0.184. The summed E-state index contributed by atoms with van der Waals surface area (Å²) in [6.07, 6.45) is 0. The lowest BCUT2D eigenvalue weighted by molar-refractivity contribution is 0.379. The van der Waals surface area contributed by atoms with E-state index in [0.717, 1.165) is 0 Å². The second-order valence-electron chi connectivity index (χ2n) is 3.92. The second kappa shape index (κ2) is 6.27. The van der Waals surface area contributed by atoms with Crippen LogP contribution in [0.15, 0.2) is 0 Å². The summed E-state index contributed by atoms with van der Waals surface area (Å²) in [4.78, 5) is 0. The Morgan fingerprint density at radius 3 is 1.92 bits per heavy atom. The minimum Gasteiger partial charge on any atom is -0.440 e. The molecule has 3 nitrogen and oxygen atoms in total. The van der Waals surface area contributed by atoms with Gasteiger partial charge < -0.3 is 12.3 Å². The Morgan fingerprint density at radius 1 is 1.00 bits per heavy atom. The topological polar surface area (TPSA) is 27.7 Å². The summed E-state index contributed by atoms with van der Waals surface area (Å²) in [5.41, 5.74) is 0. The molecule has 7 heteroatoms. The molecule has 0 spiro atoms. The van der Waals surface area contributed by atoms with E-state index in [-0.39, 0.29) is 10.0 Å². The van der Waals surface area contributed by atoms with Crippen LogP contribution in [0.2, 0.25) is 39.3 Å². The number of hydrogen-bond acceptors (Lipinski definition) is 3. The van der Waals surface area contributed by atoms with Gasteiger partial charge in [0.25, 0.3) is 0 Å². The van der Waals surface area contributed by atoms with Crippen LogP contribution in [0.5, 0.6) is 0 Å². The van der Waals surface area contributed by atoms with Crippen LogP contribution in [0.3, 0.4) is 0 Å². The molecule has 0 fully saturated rings. The van der Waals surface area contributed by atoms with Crippen LogP contribution in [0.4, 0.5) is 0 Å². The van der Waals surface area contributed by atoms with Gasteiger partial charge >= 0.3 is 18.6 Å². The van der Waals surface area contributed by atoms with E-state index >= 15 is 0 Å². The molecule has 0 atom stereocenters. The molecule has 0 rings (SSSR count). The predicted molar refractivity (Wildman–Crippen MR) is 64.2 cm³/mol. The highest BCUT2D eigenvalue weighted by atomic mass is 28.5. The van der Waals surface area contributed by atoms with Crippen molar-refractivity contribution in [2.75, 3.05) is 0 Å². The van der Waals surface area contributed by atoms with Gasteiger partial charge in [0.1, 0.15) is 0 Å². The number of rotatable bonds is 6. The zero-order chi connectivity index (χ0) is 10.5. The Bertz CT molecular complexity index is 140. The van der Waals surface area contributed by atoms with Crippen molar-refractivity contribution in [2.24, 2.45) is 0 Å². The van der Waals surface area contributed by atoms with E-state index in [0.29, 0.717) is 0 Å². The van der Waals surface area contributed by atoms with Gasteiger partial charge in [0.2, 0.25) is 0 Å². The average Bonchev–Trinajstić information content (AvgIpc) is 1.81. The highest BCUT2D eigenvalue weighted by Crippen LogP contribution is 2.07. The summed E-state index contributed by atoms with van der Waals surface area (Å²) in [6, 6.07) is 0. The molecule has 0 amide bonds. The third kappa shape index (κ3) is 9.06. The second-order valence-corrected chi connectivity index (χ2v) is 13.8. The largest absolute Gasteiger partial charge is 0.440 e. The van der Waals surface area contributed by atoms with Crippen LogP contribution in [-0.2, 0) is 12.3 Å². The van der Waals surface area contributed by atoms with Gasteiger partial charge in [0.05, 0.1) is 0 Å². The molecule has 0 aliphatic rings. The van der Waals surface area contributed by atoms with E-state index in [1.807, 2.05) is 0 Å². The zero-order valence-corrected chi connectivity index (χ0v) is 13.7. The van der Waals surface area contributed by atoms with Crippen molar-refractivity contribution in [1.82, 2.24) is 0 Å². The Balaban J connectivity index is 3.62. The molecule has 0 saturated carbocycles. The molecule has 0 unspecified atom stereocenters. The van der Waals surface area contributed by atoms with Crippen LogP contribution in [0.1, 0.15) is 0 Å². The molecule has 0 saturated heterocycles. The van der Waals surface area contributed by atoms with Gasteiger partial charge in [-0.05, 0) is 39.3 Å². The van der Waals surface area contributed by atoms with Gasteiger partial charge in [0, 0.05) is 0 Å². The first-order valence-corrected chi connectivity index (χ1v) is 13.8. The fraction of sp³-hybridized carbons (Fsp3) is 1.00. The molecule has 0 heterocycles. The third-order valence-corrected chi connectivity index (χ3v) is 9.82. The van der Waals surface area contributed by atoms with Crippen molar-refractivity contribution >= 4 is 36.6 Å². The quantitative estimate of drug-likeness (QED) is 0.666. The molecule has 78 valence electrons. The first kappa shape index (κ1) is 13.7. The maximum atomic E-state index is 5.82. The molecular weight excluding hydrogens is 232 g/mol. The Kier molecular flexibility index (Phi) is 6.63. The standard InChI is InChI=1S/C6H20O3Si4/c1-11(2)7-10-8-13(5,6)9-12(3)4/h11-12H,1-6H3. The van der Waals surface area contributed by atoms with Crippen molar-refractivity contribution in [3.63, 3.8) is 0 Å². The van der Waals surface area contributed by atoms with Crippen molar-refractivity contribution < 1.29 is 12.3 Å². The highest BCUT2D eigenvalue weighted by molar-refractivity contribution is 6.76. The van der Waals surface area contributed by atoms with Crippen LogP contribution < -0.4 is 0 Å². The predicted octanol–water partition coefficient (Wildman–Crippen LogP) is 1.24. The van der Waals surface area contributed by atoms with Crippen LogP contribution in [0.25, 0.3) is 0 Å². The van der Waals surface area contributed by atoms with E-state index in [4.69, 9.17) is 12.3 Å². The zero-order valence-electron chi connectivity index (χ0n) is 9.38. The van der Waals surface area contributed by atoms with E-state index < -0.39 is 26.6 Å². The average molecular weight is 253 g/mol. The van der Waals surface area contributed by atoms with Gasteiger partial charge in [0.15, 0.2) is 18.1 Å². The summed E-state index contributed by atoms with van der Waals surface area (Å²) in [6.45, 7) is 12.8. The van der Waals surface area contributed by atoms with Crippen molar-refractivity contribution in [2.45, 2.75) is 39.3 Å². The summed E-state index contributed by atoms with van der Waals surface area (Å²) in [7, 11) is -3.57. The molecular formula is C6H20O3Si4. The molecule has 13 heavy (non-hydrogen) atoms. The molecule has 0 N–H and O–H groups in total. The molecule has 0 aromatic rings. The fourth-order valence-electron chi connectivity index (χ4n) is 0.812. The van der Waals surface area contributed by atoms with Crippen molar-refractivity contribution in [3.05, 3.63) is 0 Å². The molecule has 0 aromatic carbocycles. The Morgan fingerprint density at radius 2 is 1.54 bits per heavy atom. The van der Waals surface area contributed by atoms with Crippen molar-refractivity contribution in [1.29, 1.82) is 0 Å².